The SMILES string of the molecule is NC(=S)S.[2H]CNCC(O)C(O)C(O)C(O)CO. The van der Waals surface area contributed by atoms with Crippen molar-refractivity contribution in [2.75, 3.05) is 20.2 Å². The van der Waals surface area contributed by atoms with Gasteiger partial charge in [-0.1, -0.05) is 12.2 Å². The molecule has 0 radical (unpaired) electrons. The number of likely N-dealkylation sites (N-methyl/N-ethyl adjacent to an activating group) is 1. The summed E-state index contributed by atoms with van der Waals surface area (Å²) >= 11 is 7.65. The maximum absolute atomic E-state index is 9.24. The fraction of sp³-hybridized carbons (Fsp3) is 0.875. The topological polar surface area (TPSA) is 139 Å². The number of nitrogens with one attached hydrogen (secondary N) is 1. The van der Waals surface area contributed by atoms with Gasteiger partial charge in [-0.25, -0.2) is 0 Å². The molecule has 0 fully saturated rings. The second-order valence-electron chi connectivity index (χ2n) is 3.09. The van der Waals surface area contributed by atoms with Gasteiger partial charge < -0.3 is 36.6 Å². The van der Waals surface area contributed by atoms with Crippen molar-refractivity contribution in [3.63, 3.8) is 0 Å². The Morgan fingerprint density at radius 2 is 1.76 bits per heavy atom. The normalized spacial score (nSPS) is 18.1. The molecule has 0 bridgehead atoms. The summed E-state index contributed by atoms with van der Waals surface area (Å²) in [7, 11) is -0.123. The van der Waals surface area contributed by atoms with Crippen molar-refractivity contribution in [1.82, 2.24) is 5.32 Å². The van der Waals surface area contributed by atoms with Crippen LogP contribution in [0.4, 0.5) is 0 Å². The van der Waals surface area contributed by atoms with Crippen LogP contribution >= 0.6 is 24.8 Å². The van der Waals surface area contributed by atoms with E-state index >= 15 is 0 Å². The van der Waals surface area contributed by atoms with Crippen molar-refractivity contribution in [3.8, 4) is 0 Å². The summed E-state index contributed by atoms with van der Waals surface area (Å²) in [5.41, 5.74) is 4.71. The van der Waals surface area contributed by atoms with Gasteiger partial charge in [-0.05, 0) is 7.02 Å². The molecule has 0 saturated carbocycles. The van der Waals surface area contributed by atoms with Gasteiger partial charge in [0.15, 0.2) is 0 Å². The Hall–Kier alpha value is -0.0000000000000000694. The lowest BCUT2D eigenvalue weighted by Gasteiger charge is -2.25. The fourth-order valence-corrected chi connectivity index (χ4v) is 0.832. The van der Waals surface area contributed by atoms with E-state index in [1.54, 1.807) is 0 Å². The average molecular weight is 289 g/mol. The second-order valence-corrected chi connectivity index (χ2v) is 4.32. The van der Waals surface area contributed by atoms with Gasteiger partial charge in [-0.15, -0.1) is 12.6 Å². The number of thiol groups is 1. The molecule has 0 aromatic carbocycles. The van der Waals surface area contributed by atoms with Crippen LogP contribution in [0.15, 0.2) is 0 Å². The Morgan fingerprint density at radius 3 is 2.12 bits per heavy atom. The van der Waals surface area contributed by atoms with Gasteiger partial charge in [-0.2, -0.15) is 0 Å². The van der Waals surface area contributed by atoms with Crippen LogP contribution < -0.4 is 11.1 Å². The Kier molecular flexibility index (Phi) is 11.1. The first-order valence-electron chi connectivity index (χ1n) is 5.30. The van der Waals surface area contributed by atoms with Crippen LogP contribution in [0.25, 0.3) is 0 Å². The molecule has 0 aliphatic heterocycles. The van der Waals surface area contributed by atoms with Crippen LogP contribution in [0, 0.1) is 0 Å². The predicted octanol–water partition coefficient (Wildman–Crippen LogP) is -3.20. The summed E-state index contributed by atoms with van der Waals surface area (Å²) in [6.07, 6.45) is -5.95. The third-order valence-electron chi connectivity index (χ3n) is 1.68. The Balaban J connectivity index is 0. The third kappa shape index (κ3) is 10.9. The summed E-state index contributed by atoms with van der Waals surface area (Å²) in [5, 5.41) is 47.5. The van der Waals surface area contributed by atoms with Gasteiger partial charge in [0.1, 0.15) is 22.6 Å². The molecule has 4 unspecified atom stereocenters. The highest BCUT2D eigenvalue weighted by Crippen LogP contribution is 2.04. The number of thiocarbonyl (C=S) groups is 1. The average Bonchev–Trinajstić information content (AvgIpc) is 2.32. The highest BCUT2D eigenvalue weighted by Gasteiger charge is 2.29. The van der Waals surface area contributed by atoms with Gasteiger partial charge in [-0.3, -0.25) is 0 Å². The van der Waals surface area contributed by atoms with Crippen LogP contribution in [0.5, 0.6) is 0 Å². The zero-order chi connectivity index (χ0) is 14.7. The van der Waals surface area contributed by atoms with Crippen LogP contribution in [0.2, 0.25) is 0 Å². The molecule has 0 rings (SSSR count). The van der Waals surface area contributed by atoms with Gasteiger partial charge in [0.2, 0.25) is 0 Å². The minimum atomic E-state index is -1.61. The van der Waals surface area contributed by atoms with Crippen LogP contribution in [-0.2, 0) is 0 Å². The quantitative estimate of drug-likeness (QED) is 0.189. The van der Waals surface area contributed by atoms with Gasteiger partial charge in [0.25, 0.3) is 0 Å². The molecule has 7 nitrogen and oxygen atoms in total. The molecule has 0 aromatic rings. The van der Waals surface area contributed by atoms with Crippen LogP contribution in [-0.4, -0.2) is 74.4 Å². The van der Waals surface area contributed by atoms with Crippen molar-refractivity contribution >= 4 is 29.2 Å². The van der Waals surface area contributed by atoms with Crippen molar-refractivity contribution in [2.45, 2.75) is 24.4 Å². The van der Waals surface area contributed by atoms with Crippen molar-refractivity contribution in [3.05, 3.63) is 0 Å². The lowest BCUT2D eigenvalue weighted by atomic mass is 10.0. The number of hydrogen-bond acceptors (Lipinski definition) is 7. The van der Waals surface area contributed by atoms with E-state index in [0.29, 0.717) is 0 Å². The number of aliphatic hydroxyl groups is 5. The van der Waals surface area contributed by atoms with Gasteiger partial charge in [0.05, 0.1) is 12.7 Å². The first-order valence-corrected chi connectivity index (χ1v) is 5.44. The largest absolute Gasteiger partial charge is 0.394 e. The summed E-state index contributed by atoms with van der Waals surface area (Å²) in [6, 6.07) is 0. The zero-order valence-corrected chi connectivity index (χ0v) is 10.8. The first kappa shape index (κ1) is 17.0. The van der Waals surface area contributed by atoms with E-state index < -0.39 is 31.0 Å². The summed E-state index contributed by atoms with van der Waals surface area (Å²) < 4.78 is 6.90. The summed E-state index contributed by atoms with van der Waals surface area (Å²) in [5.74, 6) is 0. The molecule has 9 heteroatoms. The third-order valence-corrected chi connectivity index (χ3v) is 1.68. The molecule has 0 aromatic heterocycles. The zero-order valence-electron chi connectivity index (χ0n) is 10.1. The number of aliphatic hydroxyl groups excluding tert-OH is 5. The minimum Gasteiger partial charge on any atom is -0.394 e. The van der Waals surface area contributed by atoms with E-state index in [1.807, 2.05) is 0 Å². The summed E-state index contributed by atoms with van der Waals surface area (Å²) in [4.78, 5) is 0. The molecular formula is C8H20N2O5S2. The molecule has 8 N–H and O–H groups in total. The summed E-state index contributed by atoms with van der Waals surface area (Å²) in [6.45, 7) is -0.767. The number of hydrogen-bond donors (Lipinski definition) is 8. The number of nitrogens with two attached hydrogens (primary N) is 1. The van der Waals surface area contributed by atoms with E-state index in [2.05, 4.69) is 30.2 Å². The molecule has 104 valence electrons. The second kappa shape index (κ2) is 11.1. The molecule has 0 saturated heterocycles. The Morgan fingerprint density at radius 1 is 1.35 bits per heavy atom. The molecular weight excluding hydrogens is 268 g/mol. The van der Waals surface area contributed by atoms with E-state index in [1.165, 1.54) is 0 Å². The van der Waals surface area contributed by atoms with Gasteiger partial charge >= 0.3 is 0 Å². The molecule has 0 heterocycles. The molecule has 4 atom stereocenters. The molecule has 0 spiro atoms. The fourth-order valence-electron chi connectivity index (χ4n) is 0.832. The van der Waals surface area contributed by atoms with Crippen LogP contribution in [0.1, 0.15) is 1.37 Å². The Labute approximate surface area is 112 Å². The monoisotopic (exact) mass is 289 g/mol. The molecule has 17 heavy (non-hydrogen) atoms. The standard InChI is InChI=1S/C7H17NO5.CH3NS2/c1-8-2-4(10)6(12)7(13)5(11)3-9;2-1(3)4/h4-13H,2-3H2,1H3;(H3,2,3,4)/i1D;. The maximum atomic E-state index is 9.24. The van der Waals surface area contributed by atoms with E-state index in [4.69, 9.17) is 22.4 Å². The van der Waals surface area contributed by atoms with Gasteiger partial charge in [0, 0.05) is 7.92 Å². The van der Waals surface area contributed by atoms with Crippen molar-refractivity contribution in [2.24, 2.45) is 5.73 Å². The highest BCUT2D eigenvalue weighted by molar-refractivity contribution is 8.10. The molecule has 0 aliphatic rings. The van der Waals surface area contributed by atoms with Crippen LogP contribution in [0.3, 0.4) is 0 Å². The highest BCUT2D eigenvalue weighted by atomic mass is 32.1. The van der Waals surface area contributed by atoms with E-state index in [-0.39, 0.29) is 17.9 Å². The van der Waals surface area contributed by atoms with Crippen molar-refractivity contribution in [1.29, 1.82) is 0 Å². The van der Waals surface area contributed by atoms with E-state index in [9.17, 15) is 10.2 Å². The molecule has 0 amide bonds. The first-order chi connectivity index (χ1) is 8.27. The Bertz CT molecular complexity index is 224. The molecule has 0 aliphatic carbocycles. The van der Waals surface area contributed by atoms with Crippen molar-refractivity contribution < 1.29 is 26.9 Å². The smallest absolute Gasteiger partial charge is 0.128 e. The maximum Gasteiger partial charge on any atom is 0.128 e. The minimum absolute atomic E-state index is 0.0696. The lowest BCUT2D eigenvalue weighted by molar-refractivity contribution is -0.113. The number of rotatable bonds is 6. The predicted molar refractivity (Wildman–Crippen MR) is 70.8 cm³/mol. The van der Waals surface area contributed by atoms with E-state index in [0.717, 1.165) is 0 Å². The lowest BCUT2D eigenvalue weighted by Crippen LogP contribution is -2.48.